The first-order chi connectivity index (χ1) is 16.9. The fraction of sp³-hybridized carbons (Fsp3) is 0.679. The van der Waals surface area contributed by atoms with Crippen molar-refractivity contribution in [2.24, 2.45) is 17.8 Å². The minimum atomic E-state index is -1.11. The maximum absolute atomic E-state index is 14.2. The van der Waals surface area contributed by atoms with Crippen LogP contribution in [0.4, 0.5) is 5.69 Å². The summed E-state index contributed by atoms with van der Waals surface area (Å²) in [7, 11) is 0. The number of para-hydroxylation sites is 1. The summed E-state index contributed by atoms with van der Waals surface area (Å²) in [5, 5.41) is 16.4. The number of anilines is 1. The maximum Gasteiger partial charge on any atom is 0.246 e. The molecule has 198 valence electrons. The summed E-state index contributed by atoms with van der Waals surface area (Å²) in [5.74, 6) is -2.13. The van der Waals surface area contributed by atoms with Crippen molar-refractivity contribution in [3.05, 3.63) is 30.3 Å². The molecule has 0 aromatic heterocycles. The third-order valence-electron chi connectivity index (χ3n) is 8.04. The summed E-state index contributed by atoms with van der Waals surface area (Å²) in [6.45, 7) is 11.5. The zero-order valence-corrected chi connectivity index (χ0v) is 22.3. The molecule has 0 aliphatic carbocycles. The van der Waals surface area contributed by atoms with Gasteiger partial charge < -0.3 is 25.4 Å². The Balaban J connectivity index is 1.79. The van der Waals surface area contributed by atoms with E-state index in [4.69, 9.17) is 4.74 Å². The number of likely N-dealkylation sites (tertiary alicyclic amines) is 1. The van der Waals surface area contributed by atoms with Gasteiger partial charge in [0.25, 0.3) is 0 Å². The molecule has 1 spiro atoms. The highest BCUT2D eigenvalue weighted by Crippen LogP contribution is 2.64. The number of aliphatic hydroxyl groups is 1. The Morgan fingerprint density at radius 1 is 1.17 bits per heavy atom. The quantitative estimate of drug-likeness (QED) is 0.509. The Morgan fingerprint density at radius 3 is 2.39 bits per heavy atom. The molecular weight excluding hydrogens is 458 g/mol. The van der Waals surface area contributed by atoms with E-state index in [0.29, 0.717) is 31.4 Å². The SMILES string of the molecule is CC[C@@]12CCC3(O1)C(C(=O)NC(C)(C)C)N([C@@H](CO)CC(C)C)C(=O)[C@@H]3[C@@H]2C(=O)Nc1ccccc1. The molecule has 3 heterocycles. The Morgan fingerprint density at radius 2 is 1.83 bits per heavy atom. The lowest BCUT2D eigenvalue weighted by Gasteiger charge is -2.39. The highest BCUT2D eigenvalue weighted by atomic mass is 16.5. The summed E-state index contributed by atoms with van der Waals surface area (Å²) in [6, 6.07) is 7.74. The number of nitrogens with one attached hydrogen (secondary N) is 2. The zero-order chi connectivity index (χ0) is 26.5. The van der Waals surface area contributed by atoms with Crippen molar-refractivity contribution < 1.29 is 24.2 Å². The maximum atomic E-state index is 14.2. The second-order valence-corrected chi connectivity index (χ2v) is 12.1. The average Bonchev–Trinajstić information content (AvgIpc) is 3.40. The lowest BCUT2D eigenvalue weighted by Crippen LogP contribution is -2.60. The number of benzene rings is 1. The van der Waals surface area contributed by atoms with E-state index in [9.17, 15) is 19.5 Å². The second-order valence-electron chi connectivity index (χ2n) is 12.1. The van der Waals surface area contributed by atoms with Gasteiger partial charge in [0, 0.05) is 11.2 Å². The van der Waals surface area contributed by atoms with E-state index in [2.05, 4.69) is 10.6 Å². The zero-order valence-electron chi connectivity index (χ0n) is 22.3. The van der Waals surface area contributed by atoms with Gasteiger partial charge in [-0.1, -0.05) is 39.0 Å². The van der Waals surface area contributed by atoms with E-state index in [0.717, 1.165) is 0 Å². The van der Waals surface area contributed by atoms with Crippen molar-refractivity contribution in [2.75, 3.05) is 11.9 Å². The number of amides is 3. The second kappa shape index (κ2) is 9.45. The average molecular weight is 500 g/mol. The number of fused-ring (bicyclic) bond motifs is 1. The summed E-state index contributed by atoms with van der Waals surface area (Å²) in [5.41, 5.74) is -1.77. The van der Waals surface area contributed by atoms with Crippen molar-refractivity contribution in [2.45, 2.75) is 96.1 Å². The molecule has 3 aliphatic rings. The van der Waals surface area contributed by atoms with E-state index in [1.807, 2.05) is 71.9 Å². The lowest BCUT2D eigenvalue weighted by molar-refractivity contribution is -0.151. The van der Waals surface area contributed by atoms with E-state index >= 15 is 0 Å². The number of carbonyl (C=O) groups is 3. The third-order valence-corrected chi connectivity index (χ3v) is 8.04. The van der Waals surface area contributed by atoms with Crippen molar-refractivity contribution in [1.82, 2.24) is 10.2 Å². The molecule has 1 aromatic carbocycles. The Kier molecular flexibility index (Phi) is 6.99. The third kappa shape index (κ3) is 4.32. The normalized spacial score (nSPS) is 32.1. The minimum Gasteiger partial charge on any atom is -0.394 e. The smallest absolute Gasteiger partial charge is 0.246 e. The summed E-state index contributed by atoms with van der Waals surface area (Å²) >= 11 is 0. The van der Waals surface area contributed by atoms with Gasteiger partial charge in [-0.2, -0.15) is 0 Å². The highest BCUT2D eigenvalue weighted by Gasteiger charge is 2.79. The number of ether oxygens (including phenoxy) is 1. The van der Waals surface area contributed by atoms with Crippen LogP contribution < -0.4 is 10.6 Å². The van der Waals surface area contributed by atoms with Gasteiger partial charge in [-0.05, 0) is 64.5 Å². The first kappa shape index (κ1) is 26.6. The van der Waals surface area contributed by atoms with Gasteiger partial charge in [-0.3, -0.25) is 14.4 Å². The summed E-state index contributed by atoms with van der Waals surface area (Å²) in [4.78, 5) is 43.4. The summed E-state index contributed by atoms with van der Waals surface area (Å²) in [6.07, 6.45) is 2.23. The molecule has 0 saturated carbocycles. The Hall–Kier alpha value is -2.45. The molecule has 3 fully saturated rings. The molecule has 2 unspecified atom stereocenters. The molecule has 2 bridgehead atoms. The number of hydrogen-bond donors (Lipinski definition) is 3. The van der Waals surface area contributed by atoms with Crippen molar-refractivity contribution >= 4 is 23.4 Å². The van der Waals surface area contributed by atoms with Crippen LogP contribution in [-0.2, 0) is 19.1 Å². The molecule has 6 atom stereocenters. The predicted octanol–water partition coefficient (Wildman–Crippen LogP) is 3.10. The van der Waals surface area contributed by atoms with Gasteiger partial charge in [0.15, 0.2) is 0 Å². The van der Waals surface area contributed by atoms with E-state index < -0.39 is 40.7 Å². The largest absolute Gasteiger partial charge is 0.394 e. The molecule has 1 aromatic rings. The molecule has 4 rings (SSSR count). The van der Waals surface area contributed by atoms with Crippen molar-refractivity contribution in [1.29, 1.82) is 0 Å². The van der Waals surface area contributed by atoms with Crippen LogP contribution in [-0.4, -0.2) is 63.2 Å². The molecule has 36 heavy (non-hydrogen) atoms. The predicted molar refractivity (Wildman–Crippen MR) is 137 cm³/mol. The van der Waals surface area contributed by atoms with Gasteiger partial charge in [-0.25, -0.2) is 0 Å². The topological polar surface area (TPSA) is 108 Å². The number of aliphatic hydroxyl groups excluding tert-OH is 1. The van der Waals surface area contributed by atoms with Crippen LogP contribution in [0.15, 0.2) is 30.3 Å². The van der Waals surface area contributed by atoms with Crippen molar-refractivity contribution in [3.8, 4) is 0 Å². The molecule has 3 N–H and O–H groups in total. The first-order valence-corrected chi connectivity index (χ1v) is 13.2. The Labute approximate surface area is 214 Å². The van der Waals surface area contributed by atoms with E-state index in [-0.39, 0.29) is 30.2 Å². The van der Waals surface area contributed by atoms with E-state index in [1.54, 1.807) is 4.90 Å². The molecule has 8 nitrogen and oxygen atoms in total. The molecule has 3 saturated heterocycles. The summed E-state index contributed by atoms with van der Waals surface area (Å²) < 4.78 is 6.77. The van der Waals surface area contributed by atoms with E-state index in [1.165, 1.54) is 0 Å². The van der Waals surface area contributed by atoms with Crippen LogP contribution in [0.5, 0.6) is 0 Å². The minimum absolute atomic E-state index is 0.204. The number of hydrogen-bond acceptors (Lipinski definition) is 5. The van der Waals surface area contributed by atoms with Gasteiger partial charge in [0.1, 0.15) is 11.6 Å². The fourth-order valence-corrected chi connectivity index (χ4v) is 6.75. The van der Waals surface area contributed by atoms with Gasteiger partial charge >= 0.3 is 0 Å². The number of carbonyl (C=O) groups excluding carboxylic acids is 3. The van der Waals surface area contributed by atoms with Crippen LogP contribution in [0, 0.1) is 17.8 Å². The van der Waals surface area contributed by atoms with Gasteiger partial charge in [-0.15, -0.1) is 0 Å². The number of rotatable bonds is 8. The fourth-order valence-electron chi connectivity index (χ4n) is 6.75. The molecular formula is C28H41N3O5. The monoisotopic (exact) mass is 499 g/mol. The Bertz CT molecular complexity index is 1010. The molecule has 3 amide bonds. The van der Waals surface area contributed by atoms with Crippen LogP contribution in [0.2, 0.25) is 0 Å². The van der Waals surface area contributed by atoms with Crippen LogP contribution in [0.1, 0.15) is 67.2 Å². The van der Waals surface area contributed by atoms with Crippen LogP contribution in [0.3, 0.4) is 0 Å². The van der Waals surface area contributed by atoms with Crippen LogP contribution in [0.25, 0.3) is 0 Å². The molecule has 3 aliphatic heterocycles. The molecule has 8 heteroatoms. The molecule has 0 radical (unpaired) electrons. The first-order valence-electron chi connectivity index (χ1n) is 13.2. The lowest BCUT2D eigenvalue weighted by atomic mass is 9.65. The van der Waals surface area contributed by atoms with Gasteiger partial charge in [0.2, 0.25) is 17.7 Å². The van der Waals surface area contributed by atoms with Crippen LogP contribution >= 0.6 is 0 Å². The van der Waals surface area contributed by atoms with Gasteiger partial charge in [0.05, 0.1) is 30.1 Å². The van der Waals surface area contributed by atoms with Crippen molar-refractivity contribution in [3.63, 3.8) is 0 Å². The highest BCUT2D eigenvalue weighted by molar-refractivity contribution is 6.02. The number of nitrogens with zero attached hydrogens (tertiary/aromatic N) is 1. The standard InChI is InChI=1S/C28H41N3O5/c1-7-27-13-14-28(36-27)21(20(27)23(33)29-18-11-9-8-10-12-18)25(35)31(19(16-32)15-17(2)3)22(28)24(34)30-26(4,5)6/h8-12,17,19-22,32H,7,13-16H2,1-6H3,(H,29,33)(H,30,34)/t19-,20-,21+,22?,27+,28?/m1/s1.